The molecule has 0 spiro atoms. The van der Waals surface area contributed by atoms with Crippen LogP contribution in [0.15, 0.2) is 36.7 Å². The molecule has 1 aromatic rings. The average Bonchev–Trinajstić information content (AvgIpc) is 3.00. The topological polar surface area (TPSA) is 73.2 Å². The van der Waals surface area contributed by atoms with Crippen LogP contribution in [0.25, 0.3) is 0 Å². The third-order valence-electron chi connectivity index (χ3n) is 4.84. The minimum absolute atomic E-state index is 0.665. The molecule has 1 aromatic carbocycles. The van der Waals surface area contributed by atoms with Crippen LogP contribution in [0.5, 0.6) is 0 Å². The van der Waals surface area contributed by atoms with Crippen molar-refractivity contribution in [2.45, 2.75) is 64.6 Å². The summed E-state index contributed by atoms with van der Waals surface area (Å²) in [5, 5.41) is 0.778. The van der Waals surface area contributed by atoms with Crippen molar-refractivity contribution >= 4 is 19.4 Å². The average molecular weight is 431 g/mol. The standard InChI is InChI=1S/C20H32ClN2O4P/c1-2-3-4-5-9-14-22-16-17-23(20(22)27-28(24,25)26)15-10-8-12-18-11-6-7-13-19(18)21/h6-7,11,13,16-17,20H,2-5,8-10,12,14-15H2,1H3,(H2,24,25,26). The van der Waals surface area contributed by atoms with Crippen LogP contribution in [0.4, 0.5) is 0 Å². The van der Waals surface area contributed by atoms with Crippen LogP contribution in [0.1, 0.15) is 57.4 Å². The number of hydrogen-bond acceptors (Lipinski definition) is 4. The van der Waals surface area contributed by atoms with E-state index in [1.54, 1.807) is 0 Å². The van der Waals surface area contributed by atoms with Crippen molar-refractivity contribution in [2.24, 2.45) is 0 Å². The molecule has 0 aromatic heterocycles. The van der Waals surface area contributed by atoms with Crippen molar-refractivity contribution in [1.29, 1.82) is 0 Å². The molecular formula is C20H32ClN2O4P. The molecule has 1 atom stereocenters. The Hall–Kier alpha value is -1.04. The van der Waals surface area contributed by atoms with Gasteiger partial charge in [0, 0.05) is 30.5 Å². The van der Waals surface area contributed by atoms with Crippen molar-refractivity contribution in [3.05, 3.63) is 47.3 Å². The Morgan fingerprint density at radius 2 is 1.61 bits per heavy atom. The predicted molar refractivity (Wildman–Crippen MR) is 113 cm³/mol. The molecule has 1 aliphatic heterocycles. The number of hydrogen-bond donors (Lipinski definition) is 2. The summed E-state index contributed by atoms with van der Waals surface area (Å²) in [6.45, 7) is 3.57. The van der Waals surface area contributed by atoms with Crippen LogP contribution in [-0.4, -0.2) is 39.0 Å². The number of benzene rings is 1. The Morgan fingerprint density at radius 3 is 2.21 bits per heavy atom. The monoisotopic (exact) mass is 430 g/mol. The molecule has 0 fully saturated rings. The van der Waals surface area contributed by atoms with Gasteiger partial charge in [0.15, 0.2) is 0 Å². The Balaban J connectivity index is 1.81. The fraction of sp³-hybridized carbons (Fsp3) is 0.600. The van der Waals surface area contributed by atoms with Crippen LogP contribution < -0.4 is 0 Å². The summed E-state index contributed by atoms with van der Waals surface area (Å²) in [6.07, 6.45) is 11.4. The number of halogens is 1. The number of unbranched alkanes of at least 4 members (excludes halogenated alkanes) is 5. The van der Waals surface area contributed by atoms with Gasteiger partial charge in [-0.05, 0) is 37.3 Å². The highest BCUT2D eigenvalue weighted by Crippen LogP contribution is 2.40. The number of aryl methyl sites for hydroxylation is 1. The van der Waals surface area contributed by atoms with E-state index in [0.29, 0.717) is 6.54 Å². The number of phosphoric acid groups is 1. The van der Waals surface area contributed by atoms with Gasteiger partial charge in [-0.1, -0.05) is 62.4 Å². The van der Waals surface area contributed by atoms with Crippen molar-refractivity contribution < 1.29 is 18.9 Å². The molecule has 0 saturated carbocycles. The van der Waals surface area contributed by atoms with Gasteiger partial charge in [0.25, 0.3) is 0 Å². The van der Waals surface area contributed by atoms with E-state index in [2.05, 4.69) is 6.92 Å². The predicted octanol–water partition coefficient (Wildman–Crippen LogP) is 5.11. The quantitative estimate of drug-likeness (QED) is 0.334. The Bertz CT molecular complexity index is 667. The normalized spacial score (nSPS) is 16.9. The van der Waals surface area contributed by atoms with E-state index < -0.39 is 14.2 Å². The van der Waals surface area contributed by atoms with Crippen molar-refractivity contribution in [1.82, 2.24) is 9.80 Å². The van der Waals surface area contributed by atoms with Gasteiger partial charge in [-0.3, -0.25) is 0 Å². The first-order valence-electron chi connectivity index (χ1n) is 10.1. The van der Waals surface area contributed by atoms with E-state index in [4.69, 9.17) is 16.1 Å². The van der Waals surface area contributed by atoms with E-state index in [1.165, 1.54) is 19.3 Å². The highest BCUT2D eigenvalue weighted by atomic mass is 35.5. The molecule has 0 radical (unpaired) electrons. The first-order valence-corrected chi connectivity index (χ1v) is 12.0. The summed E-state index contributed by atoms with van der Waals surface area (Å²) in [6, 6.07) is 7.81. The molecule has 1 unspecified atom stereocenters. The molecular weight excluding hydrogens is 399 g/mol. The molecule has 2 N–H and O–H groups in total. The van der Waals surface area contributed by atoms with Crippen LogP contribution in [0.3, 0.4) is 0 Å². The third-order valence-corrected chi connectivity index (χ3v) is 5.67. The van der Waals surface area contributed by atoms with Gasteiger partial charge in [0.1, 0.15) is 0 Å². The van der Waals surface area contributed by atoms with Gasteiger partial charge in [-0.25, -0.2) is 9.09 Å². The van der Waals surface area contributed by atoms with Crippen molar-refractivity contribution in [3.63, 3.8) is 0 Å². The molecule has 0 bridgehead atoms. The zero-order chi connectivity index (χ0) is 20.4. The van der Waals surface area contributed by atoms with Crippen LogP contribution >= 0.6 is 19.4 Å². The Labute approximate surface area is 173 Å². The molecule has 0 saturated heterocycles. The van der Waals surface area contributed by atoms with Crippen molar-refractivity contribution in [2.75, 3.05) is 13.1 Å². The first kappa shape index (κ1) is 23.2. The smallest absolute Gasteiger partial charge is 0.334 e. The summed E-state index contributed by atoms with van der Waals surface area (Å²) in [5.74, 6) is 0. The first-order chi connectivity index (χ1) is 13.4. The van der Waals surface area contributed by atoms with Gasteiger partial charge in [-0.2, -0.15) is 0 Å². The van der Waals surface area contributed by atoms with E-state index in [-0.39, 0.29) is 0 Å². The van der Waals surface area contributed by atoms with Gasteiger partial charge >= 0.3 is 7.82 Å². The van der Waals surface area contributed by atoms with Gasteiger partial charge in [0.2, 0.25) is 6.35 Å². The molecule has 8 heteroatoms. The summed E-state index contributed by atoms with van der Waals surface area (Å²) in [5.41, 5.74) is 1.12. The zero-order valence-electron chi connectivity index (χ0n) is 16.5. The highest BCUT2D eigenvalue weighted by molar-refractivity contribution is 7.46. The molecule has 0 aliphatic carbocycles. The molecule has 0 amide bonds. The third kappa shape index (κ3) is 8.14. The summed E-state index contributed by atoms with van der Waals surface area (Å²) in [7, 11) is -4.57. The van der Waals surface area contributed by atoms with Crippen LogP contribution in [-0.2, 0) is 15.5 Å². The number of rotatable bonds is 13. The highest BCUT2D eigenvalue weighted by Gasteiger charge is 2.32. The Morgan fingerprint density at radius 1 is 1.00 bits per heavy atom. The SMILES string of the molecule is CCCCCCCN1C=CN(CCCCc2ccccc2Cl)C1OP(=O)(O)O. The molecule has 158 valence electrons. The van der Waals surface area contributed by atoms with E-state index in [9.17, 15) is 14.4 Å². The lowest BCUT2D eigenvalue weighted by atomic mass is 10.1. The zero-order valence-corrected chi connectivity index (χ0v) is 18.2. The van der Waals surface area contributed by atoms with Gasteiger partial charge in [0.05, 0.1) is 0 Å². The van der Waals surface area contributed by atoms with Crippen LogP contribution in [0, 0.1) is 0 Å². The lowest BCUT2D eigenvalue weighted by Crippen LogP contribution is -2.41. The van der Waals surface area contributed by atoms with Gasteiger partial charge < -0.3 is 19.6 Å². The number of phosphoric ester groups is 1. The lowest BCUT2D eigenvalue weighted by Gasteiger charge is -2.32. The summed E-state index contributed by atoms with van der Waals surface area (Å²) < 4.78 is 16.5. The molecule has 6 nitrogen and oxygen atoms in total. The maximum absolute atomic E-state index is 11.4. The maximum Gasteiger partial charge on any atom is 0.472 e. The minimum atomic E-state index is -4.57. The Kier molecular flexibility index (Phi) is 9.83. The minimum Gasteiger partial charge on any atom is -0.334 e. The summed E-state index contributed by atoms with van der Waals surface area (Å²) >= 11 is 6.19. The second-order valence-corrected chi connectivity index (χ2v) is 8.76. The molecule has 28 heavy (non-hydrogen) atoms. The fourth-order valence-corrected chi connectivity index (χ4v) is 4.05. The van der Waals surface area contributed by atoms with Crippen LogP contribution in [0.2, 0.25) is 5.02 Å². The van der Waals surface area contributed by atoms with E-state index >= 15 is 0 Å². The van der Waals surface area contributed by atoms with Crippen molar-refractivity contribution in [3.8, 4) is 0 Å². The molecule has 1 heterocycles. The maximum atomic E-state index is 11.4. The summed E-state index contributed by atoms with van der Waals surface area (Å²) in [4.78, 5) is 22.3. The second-order valence-electron chi connectivity index (χ2n) is 7.16. The molecule has 1 aliphatic rings. The lowest BCUT2D eigenvalue weighted by molar-refractivity contribution is -0.0446. The fourth-order valence-electron chi connectivity index (χ4n) is 3.33. The van der Waals surface area contributed by atoms with E-state index in [0.717, 1.165) is 49.2 Å². The van der Waals surface area contributed by atoms with E-state index in [1.807, 2.05) is 46.5 Å². The molecule has 2 rings (SSSR count). The second kappa shape index (κ2) is 11.8. The number of nitrogens with zero attached hydrogens (tertiary/aromatic N) is 2. The van der Waals surface area contributed by atoms with Gasteiger partial charge in [-0.15, -0.1) is 0 Å². The largest absolute Gasteiger partial charge is 0.472 e.